The second-order valence-corrected chi connectivity index (χ2v) is 5.04. The number of nitrogens with one attached hydrogen (secondary N) is 1. The monoisotopic (exact) mass is 234 g/mol. The minimum Gasteiger partial charge on any atom is -0.373 e. The van der Waals surface area contributed by atoms with Crippen LogP contribution in [0.3, 0.4) is 0 Å². The van der Waals surface area contributed by atoms with Gasteiger partial charge in [0.1, 0.15) is 0 Å². The fourth-order valence-electron chi connectivity index (χ4n) is 2.02. The first kappa shape index (κ1) is 14.0. The first-order valence-corrected chi connectivity index (χ1v) is 6.55. The van der Waals surface area contributed by atoms with Crippen LogP contribution in [-0.4, -0.2) is 26.7 Å². The van der Waals surface area contributed by atoms with Gasteiger partial charge in [-0.25, -0.2) is 0 Å². The summed E-state index contributed by atoms with van der Waals surface area (Å²) in [5, 5.41) is 3.38. The van der Waals surface area contributed by atoms with Gasteiger partial charge >= 0.3 is 0 Å². The Hall–Kier alpha value is -1.02. The molecule has 1 N–H and O–H groups in total. The number of hydrogen-bond donors (Lipinski definition) is 1. The van der Waals surface area contributed by atoms with Gasteiger partial charge < -0.3 is 10.2 Å². The Morgan fingerprint density at radius 1 is 1.18 bits per heavy atom. The van der Waals surface area contributed by atoms with E-state index in [0.717, 1.165) is 13.0 Å². The van der Waals surface area contributed by atoms with E-state index in [2.05, 4.69) is 62.3 Å². The zero-order valence-corrected chi connectivity index (χ0v) is 11.8. The topological polar surface area (TPSA) is 15.3 Å². The highest BCUT2D eigenvalue weighted by Gasteiger charge is 2.13. The number of rotatable bonds is 6. The molecule has 1 unspecified atom stereocenters. The van der Waals surface area contributed by atoms with Gasteiger partial charge in [0.25, 0.3) is 0 Å². The molecule has 0 saturated heterocycles. The summed E-state index contributed by atoms with van der Waals surface area (Å²) in [6.07, 6.45) is 1.11. The van der Waals surface area contributed by atoms with Crippen LogP contribution in [0.4, 0.5) is 5.69 Å². The highest BCUT2D eigenvalue weighted by molar-refractivity contribution is 5.47. The van der Waals surface area contributed by atoms with Gasteiger partial charge in [0.15, 0.2) is 0 Å². The third-order valence-electron chi connectivity index (χ3n) is 3.43. The van der Waals surface area contributed by atoms with Crippen LogP contribution in [0.1, 0.15) is 26.3 Å². The molecule has 2 nitrogen and oxygen atoms in total. The van der Waals surface area contributed by atoms with Crippen molar-refractivity contribution in [3.63, 3.8) is 0 Å². The van der Waals surface area contributed by atoms with Gasteiger partial charge in [-0.1, -0.05) is 32.9 Å². The van der Waals surface area contributed by atoms with Crippen LogP contribution >= 0.6 is 0 Å². The maximum Gasteiger partial charge on any atom is 0.0364 e. The Morgan fingerprint density at radius 2 is 1.76 bits per heavy atom. The lowest BCUT2D eigenvalue weighted by Crippen LogP contribution is -2.41. The molecule has 2 heteroatoms. The Labute approximate surface area is 106 Å². The van der Waals surface area contributed by atoms with E-state index in [-0.39, 0.29) is 0 Å². The summed E-state index contributed by atoms with van der Waals surface area (Å²) >= 11 is 0. The Kier molecular flexibility index (Phi) is 5.49. The van der Waals surface area contributed by atoms with Crippen molar-refractivity contribution >= 4 is 5.69 Å². The molecule has 0 heterocycles. The summed E-state index contributed by atoms with van der Waals surface area (Å²) in [5.74, 6) is 0.650. The van der Waals surface area contributed by atoms with Crippen LogP contribution in [0.25, 0.3) is 0 Å². The third-order valence-corrected chi connectivity index (χ3v) is 3.43. The number of hydrogen-bond acceptors (Lipinski definition) is 2. The Balaban J connectivity index is 2.65. The highest BCUT2D eigenvalue weighted by Crippen LogP contribution is 2.15. The maximum absolute atomic E-state index is 3.38. The largest absolute Gasteiger partial charge is 0.373 e. The van der Waals surface area contributed by atoms with Gasteiger partial charge in [0, 0.05) is 25.3 Å². The zero-order chi connectivity index (χ0) is 12.8. The summed E-state index contributed by atoms with van der Waals surface area (Å²) in [5.41, 5.74) is 2.69. The van der Waals surface area contributed by atoms with Crippen LogP contribution in [-0.2, 0) is 6.42 Å². The van der Waals surface area contributed by atoms with Crippen LogP contribution in [0, 0.1) is 5.92 Å². The summed E-state index contributed by atoms with van der Waals surface area (Å²) < 4.78 is 0. The van der Waals surface area contributed by atoms with Crippen molar-refractivity contribution in [2.75, 3.05) is 25.5 Å². The molecule has 0 fully saturated rings. The summed E-state index contributed by atoms with van der Waals surface area (Å²) in [6.45, 7) is 7.75. The molecular weight excluding hydrogens is 208 g/mol. The lowest BCUT2D eigenvalue weighted by molar-refractivity contribution is 0.429. The number of anilines is 1. The fraction of sp³-hybridized carbons (Fsp3) is 0.600. The zero-order valence-electron chi connectivity index (χ0n) is 11.8. The van der Waals surface area contributed by atoms with Gasteiger partial charge in [-0.2, -0.15) is 0 Å². The molecule has 0 bridgehead atoms. The Morgan fingerprint density at radius 3 is 2.18 bits per heavy atom. The van der Waals surface area contributed by atoms with Gasteiger partial charge in [-0.05, 0) is 37.1 Å². The van der Waals surface area contributed by atoms with Crippen molar-refractivity contribution in [3.8, 4) is 0 Å². The molecule has 96 valence electrons. The van der Waals surface area contributed by atoms with E-state index in [1.807, 2.05) is 7.05 Å². The smallest absolute Gasteiger partial charge is 0.0364 e. The van der Waals surface area contributed by atoms with Crippen molar-refractivity contribution < 1.29 is 0 Å². The van der Waals surface area contributed by atoms with Crippen molar-refractivity contribution in [2.24, 2.45) is 5.92 Å². The van der Waals surface area contributed by atoms with E-state index in [0.29, 0.717) is 12.0 Å². The molecule has 0 aliphatic carbocycles. The molecule has 0 aromatic heterocycles. The quantitative estimate of drug-likeness (QED) is 0.814. The van der Waals surface area contributed by atoms with Crippen molar-refractivity contribution in [1.82, 2.24) is 5.32 Å². The molecule has 0 amide bonds. The second-order valence-electron chi connectivity index (χ2n) is 5.04. The molecule has 1 aromatic rings. The van der Waals surface area contributed by atoms with E-state index >= 15 is 0 Å². The fourth-order valence-corrected chi connectivity index (χ4v) is 2.02. The summed E-state index contributed by atoms with van der Waals surface area (Å²) in [4.78, 5) is 2.32. The lowest BCUT2D eigenvalue weighted by Gasteiger charge is -2.28. The number of aryl methyl sites for hydroxylation is 1. The Bertz CT molecular complexity index is 316. The molecule has 1 rings (SSSR count). The maximum atomic E-state index is 3.38. The molecule has 1 aromatic carbocycles. The molecular formula is C15H26N2. The van der Waals surface area contributed by atoms with Crippen LogP contribution < -0.4 is 10.2 Å². The van der Waals surface area contributed by atoms with Crippen molar-refractivity contribution in [2.45, 2.75) is 33.2 Å². The van der Waals surface area contributed by atoms with E-state index < -0.39 is 0 Å². The standard InChI is InChI=1S/C15H26N2/c1-6-13-7-9-14(10-8-13)17(5)11-15(16-4)12(2)3/h7-10,12,15-16H,6,11H2,1-5H3. The number of nitrogens with zero attached hydrogens (tertiary/aromatic N) is 1. The van der Waals surface area contributed by atoms with E-state index in [1.54, 1.807) is 0 Å². The SMILES string of the molecule is CCc1ccc(N(C)CC(NC)C(C)C)cc1. The summed E-state index contributed by atoms with van der Waals surface area (Å²) in [7, 11) is 4.20. The first-order chi connectivity index (χ1) is 8.08. The third kappa shape index (κ3) is 4.04. The van der Waals surface area contributed by atoms with E-state index in [1.165, 1.54) is 11.3 Å². The van der Waals surface area contributed by atoms with Crippen LogP contribution in [0.15, 0.2) is 24.3 Å². The average Bonchev–Trinajstić information content (AvgIpc) is 2.35. The normalized spacial score (nSPS) is 12.8. The van der Waals surface area contributed by atoms with Crippen LogP contribution in [0.5, 0.6) is 0 Å². The van der Waals surface area contributed by atoms with Gasteiger partial charge in [0.2, 0.25) is 0 Å². The second kappa shape index (κ2) is 6.65. The average molecular weight is 234 g/mol. The molecule has 1 atom stereocenters. The minimum atomic E-state index is 0.533. The first-order valence-electron chi connectivity index (χ1n) is 6.55. The predicted molar refractivity (Wildman–Crippen MR) is 76.8 cm³/mol. The molecule has 0 aliphatic heterocycles. The van der Waals surface area contributed by atoms with Gasteiger partial charge in [-0.15, -0.1) is 0 Å². The molecule has 0 aliphatic rings. The van der Waals surface area contributed by atoms with Crippen molar-refractivity contribution in [3.05, 3.63) is 29.8 Å². The molecule has 0 spiro atoms. The van der Waals surface area contributed by atoms with E-state index in [4.69, 9.17) is 0 Å². The lowest BCUT2D eigenvalue weighted by atomic mass is 10.0. The predicted octanol–water partition coefficient (Wildman–Crippen LogP) is 2.93. The summed E-state index contributed by atoms with van der Waals surface area (Å²) in [6, 6.07) is 9.40. The molecule has 0 radical (unpaired) electrons. The van der Waals surface area contributed by atoms with E-state index in [9.17, 15) is 0 Å². The number of benzene rings is 1. The van der Waals surface area contributed by atoms with Crippen LogP contribution in [0.2, 0.25) is 0 Å². The van der Waals surface area contributed by atoms with Crippen molar-refractivity contribution in [1.29, 1.82) is 0 Å². The number of likely N-dealkylation sites (N-methyl/N-ethyl adjacent to an activating group) is 2. The molecule has 0 saturated carbocycles. The van der Waals surface area contributed by atoms with Gasteiger partial charge in [0.05, 0.1) is 0 Å². The highest BCUT2D eigenvalue weighted by atomic mass is 15.1. The minimum absolute atomic E-state index is 0.533. The molecule has 17 heavy (non-hydrogen) atoms. The van der Waals surface area contributed by atoms with Gasteiger partial charge in [-0.3, -0.25) is 0 Å².